The highest BCUT2D eigenvalue weighted by Crippen LogP contribution is 2.32. The van der Waals surface area contributed by atoms with Crippen LogP contribution >= 0.6 is 11.8 Å². The Morgan fingerprint density at radius 2 is 1.78 bits per heavy atom. The van der Waals surface area contributed by atoms with E-state index in [2.05, 4.69) is 53.7 Å². The summed E-state index contributed by atoms with van der Waals surface area (Å²) in [6.45, 7) is 0.708. The van der Waals surface area contributed by atoms with E-state index in [1.165, 1.54) is 10.5 Å². The molecule has 2 aromatic rings. The molecule has 3 nitrogen and oxygen atoms in total. The van der Waals surface area contributed by atoms with Gasteiger partial charge in [-0.25, -0.2) is 0 Å². The van der Waals surface area contributed by atoms with Crippen LogP contribution in [0.3, 0.4) is 0 Å². The summed E-state index contributed by atoms with van der Waals surface area (Å²) in [5.41, 5.74) is 1.31. The second-order valence-electron chi connectivity index (χ2n) is 5.60. The lowest BCUT2D eigenvalue weighted by molar-refractivity contribution is 0.195. The molecule has 3 rings (SSSR count). The van der Waals surface area contributed by atoms with Gasteiger partial charge in [0.2, 0.25) is 5.90 Å². The summed E-state index contributed by atoms with van der Waals surface area (Å²) in [5, 5.41) is 4.09. The molecular formula is C19H21NO2S. The Kier molecular flexibility index (Phi) is 5.59. The van der Waals surface area contributed by atoms with Crippen molar-refractivity contribution in [1.29, 1.82) is 0 Å². The van der Waals surface area contributed by atoms with Gasteiger partial charge in [-0.3, -0.25) is 0 Å². The van der Waals surface area contributed by atoms with E-state index < -0.39 is 0 Å². The van der Waals surface area contributed by atoms with Crippen LogP contribution in [-0.2, 0) is 16.0 Å². The molecule has 0 bridgehead atoms. The highest BCUT2D eigenvalue weighted by Gasteiger charge is 2.35. The van der Waals surface area contributed by atoms with Crippen LogP contribution in [0.25, 0.3) is 0 Å². The minimum absolute atomic E-state index is 0.272. The zero-order valence-electron chi connectivity index (χ0n) is 13.2. The molecule has 1 aliphatic rings. The number of thioether (sulfide) groups is 1. The summed E-state index contributed by atoms with van der Waals surface area (Å²) in [6, 6.07) is 21.0. The molecule has 0 aromatic heterocycles. The molecule has 0 N–H and O–H groups in total. The van der Waals surface area contributed by atoms with E-state index >= 15 is 0 Å². The number of hydrogen-bond acceptors (Lipinski definition) is 4. The highest BCUT2D eigenvalue weighted by molar-refractivity contribution is 7.99. The Labute approximate surface area is 141 Å². The van der Waals surface area contributed by atoms with Crippen LogP contribution < -0.4 is 0 Å². The Hall–Kier alpha value is -1.94. The zero-order valence-corrected chi connectivity index (χ0v) is 14.0. The second-order valence-corrected chi connectivity index (χ2v) is 6.70. The normalized spacial score (nSPS) is 22.0. The van der Waals surface area contributed by atoms with Crippen molar-refractivity contribution >= 4 is 17.7 Å². The number of ether oxygens (including phenoxy) is 1. The van der Waals surface area contributed by atoms with Gasteiger partial charge < -0.3 is 9.57 Å². The summed E-state index contributed by atoms with van der Waals surface area (Å²) in [6.07, 6.45) is 0.934. The molecule has 0 amide bonds. The lowest BCUT2D eigenvalue weighted by Crippen LogP contribution is -2.21. The Morgan fingerprint density at radius 1 is 1.09 bits per heavy atom. The third-order valence-corrected chi connectivity index (χ3v) is 5.22. The first-order valence-electron chi connectivity index (χ1n) is 7.82. The van der Waals surface area contributed by atoms with E-state index in [0.29, 0.717) is 12.5 Å². The van der Waals surface area contributed by atoms with Crippen LogP contribution in [0.2, 0.25) is 0 Å². The number of nitrogens with zero attached hydrogens (tertiary/aromatic N) is 1. The van der Waals surface area contributed by atoms with Crippen molar-refractivity contribution in [3.63, 3.8) is 0 Å². The van der Waals surface area contributed by atoms with Gasteiger partial charge in [-0.1, -0.05) is 53.7 Å². The van der Waals surface area contributed by atoms with Gasteiger partial charge in [0.1, 0.15) is 7.11 Å². The SMILES string of the molecule is CO/N=C1\OC[C@H](CSc2ccccc2)[C@@H]1Cc1ccccc1. The molecule has 2 aromatic carbocycles. The summed E-state index contributed by atoms with van der Waals surface area (Å²) >= 11 is 1.88. The molecule has 4 heteroatoms. The molecule has 0 aliphatic carbocycles. The van der Waals surface area contributed by atoms with Crippen molar-refractivity contribution in [2.45, 2.75) is 11.3 Å². The molecule has 1 aliphatic heterocycles. The number of rotatable bonds is 6. The average Bonchev–Trinajstić information content (AvgIpc) is 2.97. The van der Waals surface area contributed by atoms with Gasteiger partial charge in [0, 0.05) is 22.5 Å². The van der Waals surface area contributed by atoms with Crippen LogP contribution in [0, 0.1) is 11.8 Å². The molecule has 0 saturated carbocycles. The standard InChI is InChI=1S/C19H21NO2S/c1-21-20-19-18(12-15-8-4-2-5-9-15)16(13-22-19)14-23-17-10-6-3-7-11-17/h2-11,16,18H,12-14H2,1H3/b20-19-/t16-,18+/m1/s1. The second kappa shape index (κ2) is 8.06. The number of benzene rings is 2. The van der Waals surface area contributed by atoms with Crippen molar-refractivity contribution in [1.82, 2.24) is 0 Å². The molecular weight excluding hydrogens is 306 g/mol. The van der Waals surface area contributed by atoms with E-state index in [0.717, 1.165) is 18.1 Å². The lowest BCUT2D eigenvalue weighted by atomic mass is 9.90. The van der Waals surface area contributed by atoms with Gasteiger partial charge in [-0.15, -0.1) is 11.8 Å². The minimum Gasteiger partial charge on any atom is -0.478 e. The summed E-state index contributed by atoms with van der Waals surface area (Å²) in [7, 11) is 1.57. The van der Waals surface area contributed by atoms with Crippen molar-refractivity contribution in [3.8, 4) is 0 Å². The van der Waals surface area contributed by atoms with Gasteiger partial charge >= 0.3 is 0 Å². The van der Waals surface area contributed by atoms with Crippen LogP contribution in [0.1, 0.15) is 5.56 Å². The largest absolute Gasteiger partial charge is 0.478 e. The monoisotopic (exact) mass is 327 g/mol. The molecule has 1 fully saturated rings. The Balaban J connectivity index is 1.69. The predicted molar refractivity (Wildman–Crippen MR) is 94.7 cm³/mol. The summed E-state index contributed by atoms with van der Waals surface area (Å²) in [4.78, 5) is 6.26. The summed E-state index contributed by atoms with van der Waals surface area (Å²) in [5.74, 6) is 2.46. The van der Waals surface area contributed by atoms with Crippen LogP contribution in [0.4, 0.5) is 0 Å². The van der Waals surface area contributed by atoms with Crippen molar-refractivity contribution in [3.05, 3.63) is 66.2 Å². The summed E-state index contributed by atoms with van der Waals surface area (Å²) < 4.78 is 5.79. The minimum atomic E-state index is 0.272. The average molecular weight is 327 g/mol. The molecule has 2 atom stereocenters. The third kappa shape index (κ3) is 4.29. The number of hydrogen-bond donors (Lipinski definition) is 0. The van der Waals surface area contributed by atoms with E-state index in [1.54, 1.807) is 7.11 Å². The first-order valence-corrected chi connectivity index (χ1v) is 8.81. The van der Waals surface area contributed by atoms with Crippen molar-refractivity contribution in [2.24, 2.45) is 17.0 Å². The van der Waals surface area contributed by atoms with E-state index in [4.69, 9.17) is 9.57 Å². The smallest absolute Gasteiger partial charge is 0.229 e. The van der Waals surface area contributed by atoms with Gasteiger partial charge in [0.15, 0.2) is 0 Å². The first kappa shape index (κ1) is 15.9. The number of oxime groups is 1. The Bertz CT molecular complexity index is 630. The first-order chi connectivity index (χ1) is 11.4. The van der Waals surface area contributed by atoms with Gasteiger partial charge in [0.25, 0.3) is 0 Å². The molecule has 23 heavy (non-hydrogen) atoms. The highest BCUT2D eigenvalue weighted by atomic mass is 32.2. The maximum absolute atomic E-state index is 5.79. The quantitative estimate of drug-likeness (QED) is 0.587. The fourth-order valence-electron chi connectivity index (χ4n) is 2.81. The maximum Gasteiger partial charge on any atom is 0.229 e. The van der Waals surface area contributed by atoms with Crippen LogP contribution in [0.5, 0.6) is 0 Å². The van der Waals surface area contributed by atoms with Crippen molar-refractivity contribution < 1.29 is 9.57 Å². The predicted octanol–water partition coefficient (Wildman–Crippen LogP) is 4.24. The molecule has 1 saturated heterocycles. The lowest BCUT2D eigenvalue weighted by Gasteiger charge is -2.16. The van der Waals surface area contributed by atoms with Gasteiger partial charge in [-0.2, -0.15) is 0 Å². The fraction of sp³-hybridized carbons (Fsp3) is 0.316. The van der Waals surface area contributed by atoms with Gasteiger partial charge in [-0.05, 0) is 24.1 Å². The maximum atomic E-state index is 5.79. The van der Waals surface area contributed by atoms with Crippen LogP contribution in [0.15, 0.2) is 70.7 Å². The van der Waals surface area contributed by atoms with Gasteiger partial charge in [0.05, 0.1) is 6.61 Å². The topological polar surface area (TPSA) is 30.8 Å². The molecule has 0 spiro atoms. The van der Waals surface area contributed by atoms with Crippen LogP contribution in [-0.4, -0.2) is 25.4 Å². The molecule has 1 heterocycles. The van der Waals surface area contributed by atoms with E-state index in [-0.39, 0.29) is 5.92 Å². The van der Waals surface area contributed by atoms with E-state index in [1.807, 2.05) is 23.9 Å². The molecule has 0 radical (unpaired) electrons. The van der Waals surface area contributed by atoms with Crippen molar-refractivity contribution in [2.75, 3.05) is 19.5 Å². The third-order valence-electron chi connectivity index (χ3n) is 4.02. The zero-order chi connectivity index (χ0) is 15.9. The Morgan fingerprint density at radius 3 is 2.48 bits per heavy atom. The molecule has 0 unspecified atom stereocenters. The fourth-order valence-corrected chi connectivity index (χ4v) is 3.89. The molecule has 120 valence electrons. The van der Waals surface area contributed by atoms with E-state index in [9.17, 15) is 0 Å².